The standard InChI is InChI=1S/C8H7N3O2S/c9-6(12)3-5-7(13)4-1-2-14-8(4)11-10-5/h1-2H,3H2,(H2,9,12)(H,11,13). The molecular formula is C8H7N3O2S. The Bertz CT molecular complexity index is 543. The van der Waals surface area contributed by atoms with Crippen molar-refractivity contribution in [1.82, 2.24) is 10.2 Å². The highest BCUT2D eigenvalue weighted by atomic mass is 32.1. The van der Waals surface area contributed by atoms with Gasteiger partial charge in [-0.3, -0.25) is 14.7 Å². The number of fused-ring (bicyclic) bond motifs is 1. The molecule has 0 atom stereocenters. The lowest BCUT2D eigenvalue weighted by molar-refractivity contribution is -0.117. The van der Waals surface area contributed by atoms with E-state index >= 15 is 0 Å². The van der Waals surface area contributed by atoms with E-state index in [2.05, 4.69) is 10.2 Å². The summed E-state index contributed by atoms with van der Waals surface area (Å²) in [6, 6.07) is 1.70. The molecule has 0 unspecified atom stereocenters. The van der Waals surface area contributed by atoms with Crippen molar-refractivity contribution in [2.45, 2.75) is 6.42 Å². The van der Waals surface area contributed by atoms with E-state index in [1.165, 1.54) is 11.3 Å². The maximum absolute atomic E-state index is 11.6. The Balaban J connectivity index is 2.62. The minimum atomic E-state index is -0.558. The summed E-state index contributed by atoms with van der Waals surface area (Å²) in [6.45, 7) is 0. The highest BCUT2D eigenvalue weighted by Crippen LogP contribution is 2.13. The van der Waals surface area contributed by atoms with E-state index in [0.717, 1.165) is 0 Å². The average molecular weight is 209 g/mol. The van der Waals surface area contributed by atoms with Crippen LogP contribution in [0.1, 0.15) is 5.69 Å². The quantitative estimate of drug-likeness (QED) is 0.730. The van der Waals surface area contributed by atoms with Gasteiger partial charge in [-0.2, -0.15) is 5.10 Å². The summed E-state index contributed by atoms with van der Waals surface area (Å²) in [5.41, 5.74) is 4.93. The number of nitrogens with two attached hydrogens (primary N) is 1. The zero-order chi connectivity index (χ0) is 10.1. The van der Waals surface area contributed by atoms with Crippen LogP contribution in [0.2, 0.25) is 0 Å². The molecule has 0 aliphatic carbocycles. The molecule has 0 fully saturated rings. The van der Waals surface area contributed by atoms with Gasteiger partial charge < -0.3 is 5.73 Å². The van der Waals surface area contributed by atoms with E-state index < -0.39 is 5.91 Å². The SMILES string of the molecule is NC(=O)Cc1n[nH]c2sccc2c1=O. The number of H-pyrrole nitrogens is 1. The van der Waals surface area contributed by atoms with Gasteiger partial charge in [0.25, 0.3) is 0 Å². The number of amides is 1. The molecule has 0 aliphatic rings. The second kappa shape index (κ2) is 3.22. The van der Waals surface area contributed by atoms with Crippen LogP contribution in [0.5, 0.6) is 0 Å². The molecule has 72 valence electrons. The van der Waals surface area contributed by atoms with Gasteiger partial charge in [-0.05, 0) is 11.4 Å². The third-order valence-corrected chi connectivity index (χ3v) is 2.63. The van der Waals surface area contributed by atoms with Crippen molar-refractivity contribution in [3.05, 3.63) is 27.4 Å². The van der Waals surface area contributed by atoms with Gasteiger partial charge in [-0.15, -0.1) is 11.3 Å². The minimum Gasteiger partial charge on any atom is -0.369 e. The average Bonchev–Trinajstić information content (AvgIpc) is 2.57. The van der Waals surface area contributed by atoms with Crippen molar-refractivity contribution in [3.63, 3.8) is 0 Å². The molecule has 2 aromatic heterocycles. The Morgan fingerprint density at radius 2 is 2.43 bits per heavy atom. The monoisotopic (exact) mass is 209 g/mol. The largest absolute Gasteiger partial charge is 0.369 e. The summed E-state index contributed by atoms with van der Waals surface area (Å²) in [5, 5.41) is 8.84. The predicted molar refractivity (Wildman–Crippen MR) is 53.1 cm³/mol. The molecule has 0 aliphatic heterocycles. The number of aromatic amines is 1. The van der Waals surface area contributed by atoms with Crippen LogP contribution in [0.3, 0.4) is 0 Å². The first-order valence-electron chi connectivity index (χ1n) is 3.91. The minimum absolute atomic E-state index is 0.124. The lowest BCUT2D eigenvalue weighted by Gasteiger charge is -1.95. The fourth-order valence-corrected chi connectivity index (χ4v) is 1.91. The molecule has 2 aromatic rings. The number of primary amides is 1. The summed E-state index contributed by atoms with van der Waals surface area (Å²) in [6.07, 6.45) is -0.124. The van der Waals surface area contributed by atoms with E-state index in [0.29, 0.717) is 10.2 Å². The Morgan fingerprint density at radius 1 is 1.64 bits per heavy atom. The van der Waals surface area contributed by atoms with Crippen LogP contribution in [0.25, 0.3) is 10.2 Å². The Kier molecular flexibility index (Phi) is 2.05. The van der Waals surface area contributed by atoms with E-state index in [1.807, 2.05) is 0 Å². The molecule has 0 saturated heterocycles. The molecular weight excluding hydrogens is 202 g/mol. The van der Waals surface area contributed by atoms with Gasteiger partial charge in [-0.1, -0.05) is 0 Å². The topological polar surface area (TPSA) is 88.8 Å². The van der Waals surface area contributed by atoms with Gasteiger partial charge in [-0.25, -0.2) is 0 Å². The molecule has 2 rings (SSSR count). The molecule has 0 saturated carbocycles. The first kappa shape index (κ1) is 8.89. The zero-order valence-corrected chi connectivity index (χ0v) is 7.93. The van der Waals surface area contributed by atoms with E-state index in [9.17, 15) is 9.59 Å². The van der Waals surface area contributed by atoms with Crippen LogP contribution in [0.15, 0.2) is 16.2 Å². The maximum atomic E-state index is 11.6. The Morgan fingerprint density at radius 3 is 3.14 bits per heavy atom. The smallest absolute Gasteiger partial charge is 0.223 e. The van der Waals surface area contributed by atoms with Gasteiger partial charge in [0.05, 0.1) is 11.8 Å². The molecule has 3 N–H and O–H groups in total. The number of thiophene rings is 1. The lowest BCUT2D eigenvalue weighted by Crippen LogP contribution is -2.21. The third-order valence-electron chi connectivity index (χ3n) is 1.81. The van der Waals surface area contributed by atoms with Crippen LogP contribution in [0.4, 0.5) is 0 Å². The number of aromatic nitrogens is 2. The van der Waals surface area contributed by atoms with Crippen molar-refractivity contribution in [3.8, 4) is 0 Å². The number of hydrogen-bond acceptors (Lipinski definition) is 4. The molecule has 14 heavy (non-hydrogen) atoms. The highest BCUT2D eigenvalue weighted by molar-refractivity contribution is 7.16. The molecule has 0 bridgehead atoms. The first-order chi connectivity index (χ1) is 6.68. The summed E-state index contributed by atoms with van der Waals surface area (Å²) >= 11 is 1.39. The van der Waals surface area contributed by atoms with Crippen molar-refractivity contribution < 1.29 is 4.79 Å². The van der Waals surface area contributed by atoms with Gasteiger partial charge in [0.2, 0.25) is 11.3 Å². The van der Waals surface area contributed by atoms with Gasteiger partial charge >= 0.3 is 0 Å². The number of carbonyl (C=O) groups is 1. The first-order valence-corrected chi connectivity index (χ1v) is 4.79. The van der Waals surface area contributed by atoms with Crippen LogP contribution in [-0.4, -0.2) is 16.1 Å². The van der Waals surface area contributed by atoms with Crippen LogP contribution >= 0.6 is 11.3 Å². The molecule has 6 heteroatoms. The predicted octanol–water partition coefficient (Wildman–Crippen LogP) is 0.0124. The Labute approximate surface area is 82.6 Å². The van der Waals surface area contributed by atoms with Crippen LogP contribution in [-0.2, 0) is 11.2 Å². The Hall–Kier alpha value is -1.69. The van der Waals surface area contributed by atoms with Gasteiger partial charge in [0.15, 0.2) is 0 Å². The van der Waals surface area contributed by atoms with Crippen LogP contribution < -0.4 is 11.2 Å². The third kappa shape index (κ3) is 1.39. The number of nitrogens with zero attached hydrogens (tertiary/aromatic N) is 1. The van der Waals surface area contributed by atoms with Gasteiger partial charge in [0.1, 0.15) is 10.5 Å². The zero-order valence-electron chi connectivity index (χ0n) is 7.11. The second-order valence-electron chi connectivity index (χ2n) is 2.81. The molecule has 2 heterocycles. The maximum Gasteiger partial charge on any atom is 0.223 e. The molecule has 0 radical (unpaired) electrons. The fourth-order valence-electron chi connectivity index (χ4n) is 1.18. The molecule has 5 nitrogen and oxygen atoms in total. The lowest BCUT2D eigenvalue weighted by atomic mass is 10.2. The molecule has 1 amide bonds. The van der Waals surface area contributed by atoms with Crippen molar-refractivity contribution >= 4 is 27.5 Å². The summed E-state index contributed by atoms with van der Waals surface area (Å²) < 4.78 is 0. The normalized spacial score (nSPS) is 10.6. The fraction of sp³-hybridized carbons (Fsp3) is 0.125. The van der Waals surface area contributed by atoms with E-state index in [4.69, 9.17) is 5.73 Å². The number of nitrogens with one attached hydrogen (secondary N) is 1. The highest BCUT2D eigenvalue weighted by Gasteiger charge is 2.09. The van der Waals surface area contributed by atoms with Crippen molar-refractivity contribution in [2.24, 2.45) is 5.73 Å². The number of carbonyl (C=O) groups excluding carboxylic acids is 1. The van der Waals surface area contributed by atoms with Crippen molar-refractivity contribution in [2.75, 3.05) is 0 Å². The second-order valence-corrected chi connectivity index (χ2v) is 3.72. The van der Waals surface area contributed by atoms with Gasteiger partial charge in [0, 0.05) is 0 Å². The van der Waals surface area contributed by atoms with E-state index in [-0.39, 0.29) is 17.5 Å². The summed E-state index contributed by atoms with van der Waals surface area (Å²) in [4.78, 5) is 23.0. The molecule has 0 spiro atoms. The van der Waals surface area contributed by atoms with Crippen molar-refractivity contribution in [1.29, 1.82) is 0 Å². The number of hydrogen-bond donors (Lipinski definition) is 2. The number of rotatable bonds is 2. The summed E-state index contributed by atoms with van der Waals surface area (Å²) in [5.74, 6) is -0.558. The molecule has 0 aromatic carbocycles. The van der Waals surface area contributed by atoms with E-state index in [1.54, 1.807) is 11.4 Å². The summed E-state index contributed by atoms with van der Waals surface area (Å²) in [7, 11) is 0. The van der Waals surface area contributed by atoms with Crippen LogP contribution in [0, 0.1) is 0 Å².